The highest BCUT2D eigenvalue weighted by atomic mass is 32.1. The molecule has 0 spiro atoms. The van der Waals surface area contributed by atoms with Crippen LogP contribution in [0.3, 0.4) is 0 Å². The molecule has 2 aromatic rings. The molecule has 2 heterocycles. The highest BCUT2D eigenvalue weighted by Gasteiger charge is 2.39. The first-order chi connectivity index (χ1) is 9.43. The number of hydrogen-bond acceptors (Lipinski definition) is 5. The minimum absolute atomic E-state index is 0.0851. The van der Waals surface area contributed by atoms with Crippen LogP contribution in [0.25, 0.3) is 10.2 Å². The van der Waals surface area contributed by atoms with Crippen molar-refractivity contribution < 1.29 is 0 Å². The average Bonchev–Trinajstić information content (AvgIpc) is 2.85. The standard InChI is InChI=1S/C15H22N4S/c1-3-10-8-11-12(18-9-19-13(11)20-10)15(17)6-4-14(2,16)5-7-15/h8-9H,3-7,16-17H2,1-2H3. The van der Waals surface area contributed by atoms with Gasteiger partial charge in [0.2, 0.25) is 0 Å². The molecule has 0 aromatic carbocycles. The van der Waals surface area contributed by atoms with Crippen LogP contribution >= 0.6 is 11.3 Å². The monoisotopic (exact) mass is 290 g/mol. The molecule has 0 aliphatic heterocycles. The largest absolute Gasteiger partial charge is 0.325 e. The van der Waals surface area contributed by atoms with E-state index >= 15 is 0 Å². The van der Waals surface area contributed by atoms with Crippen molar-refractivity contribution in [3.8, 4) is 0 Å². The zero-order valence-electron chi connectivity index (χ0n) is 12.1. The molecule has 108 valence electrons. The third-order valence-corrected chi connectivity index (χ3v) is 5.67. The number of thiophene rings is 1. The van der Waals surface area contributed by atoms with E-state index in [0.29, 0.717) is 0 Å². The van der Waals surface area contributed by atoms with Crippen molar-refractivity contribution in [2.75, 3.05) is 0 Å². The zero-order valence-corrected chi connectivity index (χ0v) is 13.0. The summed E-state index contributed by atoms with van der Waals surface area (Å²) in [7, 11) is 0. The van der Waals surface area contributed by atoms with E-state index in [4.69, 9.17) is 11.5 Å². The predicted molar refractivity (Wildman–Crippen MR) is 83.7 cm³/mol. The molecule has 1 fully saturated rings. The number of aryl methyl sites for hydroxylation is 1. The van der Waals surface area contributed by atoms with Crippen LogP contribution in [0.2, 0.25) is 0 Å². The van der Waals surface area contributed by atoms with Crippen LogP contribution in [0.1, 0.15) is 50.1 Å². The van der Waals surface area contributed by atoms with Gasteiger partial charge >= 0.3 is 0 Å². The van der Waals surface area contributed by atoms with Crippen LogP contribution in [0.4, 0.5) is 0 Å². The van der Waals surface area contributed by atoms with Crippen molar-refractivity contribution in [1.29, 1.82) is 0 Å². The van der Waals surface area contributed by atoms with Gasteiger partial charge in [0.1, 0.15) is 11.2 Å². The summed E-state index contributed by atoms with van der Waals surface area (Å²) in [5, 5.41) is 1.14. The number of rotatable bonds is 2. The lowest BCUT2D eigenvalue weighted by atomic mass is 9.72. The van der Waals surface area contributed by atoms with E-state index in [2.05, 4.69) is 29.9 Å². The Morgan fingerprint density at radius 1 is 1.20 bits per heavy atom. The fourth-order valence-corrected chi connectivity index (χ4v) is 3.92. The molecule has 4 N–H and O–H groups in total. The van der Waals surface area contributed by atoms with E-state index < -0.39 is 0 Å². The SMILES string of the molecule is CCc1cc2c(C3(N)CCC(C)(N)CC3)ncnc2s1. The fourth-order valence-electron chi connectivity index (χ4n) is 2.98. The number of hydrogen-bond donors (Lipinski definition) is 2. The van der Waals surface area contributed by atoms with Crippen molar-refractivity contribution >= 4 is 21.6 Å². The molecule has 1 saturated carbocycles. The van der Waals surface area contributed by atoms with Gasteiger partial charge in [0.15, 0.2) is 0 Å². The maximum Gasteiger partial charge on any atom is 0.127 e. The van der Waals surface area contributed by atoms with Gasteiger partial charge in [-0.05, 0) is 45.1 Å². The minimum Gasteiger partial charge on any atom is -0.325 e. The second-order valence-electron chi connectivity index (χ2n) is 6.32. The van der Waals surface area contributed by atoms with Crippen LogP contribution in [-0.2, 0) is 12.0 Å². The van der Waals surface area contributed by atoms with Crippen LogP contribution in [0, 0.1) is 0 Å². The fraction of sp³-hybridized carbons (Fsp3) is 0.600. The van der Waals surface area contributed by atoms with Crippen molar-refractivity contribution in [2.24, 2.45) is 11.5 Å². The highest BCUT2D eigenvalue weighted by Crippen LogP contribution is 2.40. The van der Waals surface area contributed by atoms with Crippen molar-refractivity contribution in [3.63, 3.8) is 0 Å². The average molecular weight is 290 g/mol. The van der Waals surface area contributed by atoms with Gasteiger partial charge < -0.3 is 11.5 Å². The van der Waals surface area contributed by atoms with Crippen molar-refractivity contribution in [3.05, 3.63) is 23.0 Å². The lowest BCUT2D eigenvalue weighted by Gasteiger charge is -2.40. The number of fused-ring (bicyclic) bond motifs is 1. The third kappa shape index (κ3) is 2.34. The molecule has 0 saturated heterocycles. The molecule has 0 unspecified atom stereocenters. The highest BCUT2D eigenvalue weighted by molar-refractivity contribution is 7.18. The molecule has 0 atom stereocenters. The molecule has 1 aliphatic rings. The van der Waals surface area contributed by atoms with Gasteiger partial charge in [0.25, 0.3) is 0 Å². The maximum absolute atomic E-state index is 6.68. The lowest BCUT2D eigenvalue weighted by Crippen LogP contribution is -2.49. The Morgan fingerprint density at radius 2 is 1.90 bits per heavy atom. The number of aromatic nitrogens is 2. The molecule has 5 heteroatoms. The first kappa shape index (κ1) is 13.9. The Bertz CT molecular complexity index is 622. The summed E-state index contributed by atoms with van der Waals surface area (Å²) in [6, 6.07) is 2.21. The first-order valence-corrected chi connectivity index (χ1v) is 8.07. The van der Waals surface area contributed by atoms with Gasteiger partial charge in [0.05, 0.1) is 11.2 Å². The predicted octanol–water partition coefficient (Wildman–Crippen LogP) is 2.70. The zero-order chi connectivity index (χ0) is 14.4. The summed E-state index contributed by atoms with van der Waals surface area (Å²) in [6.07, 6.45) is 6.35. The summed E-state index contributed by atoms with van der Waals surface area (Å²) in [5.74, 6) is 0. The molecule has 3 rings (SSSR count). The van der Waals surface area contributed by atoms with E-state index in [1.165, 1.54) is 4.88 Å². The molecular formula is C15H22N4S. The molecule has 4 nitrogen and oxygen atoms in total. The summed E-state index contributed by atoms with van der Waals surface area (Å²) in [6.45, 7) is 4.28. The summed E-state index contributed by atoms with van der Waals surface area (Å²) < 4.78 is 0. The van der Waals surface area contributed by atoms with Gasteiger partial charge in [-0.1, -0.05) is 6.92 Å². The van der Waals surface area contributed by atoms with E-state index in [0.717, 1.165) is 48.0 Å². The van der Waals surface area contributed by atoms with Crippen LogP contribution in [-0.4, -0.2) is 15.5 Å². The Hall–Kier alpha value is -1.04. The Labute approximate surface area is 123 Å². The molecule has 0 radical (unpaired) electrons. The second kappa shape index (κ2) is 4.76. The van der Waals surface area contributed by atoms with E-state index in [1.54, 1.807) is 17.7 Å². The lowest BCUT2D eigenvalue weighted by molar-refractivity contribution is 0.214. The normalized spacial score (nSPS) is 30.8. The maximum atomic E-state index is 6.68. The molecule has 2 aromatic heterocycles. The Kier molecular flexibility index (Phi) is 3.31. The van der Waals surface area contributed by atoms with Crippen LogP contribution < -0.4 is 11.5 Å². The summed E-state index contributed by atoms with van der Waals surface area (Å²) in [5.41, 5.74) is 13.5. The second-order valence-corrected chi connectivity index (χ2v) is 7.43. The number of nitrogens with zero attached hydrogens (tertiary/aromatic N) is 2. The van der Waals surface area contributed by atoms with Crippen LogP contribution in [0.5, 0.6) is 0 Å². The first-order valence-electron chi connectivity index (χ1n) is 7.25. The van der Waals surface area contributed by atoms with Crippen molar-refractivity contribution in [1.82, 2.24) is 9.97 Å². The molecule has 1 aliphatic carbocycles. The van der Waals surface area contributed by atoms with Gasteiger partial charge in [-0.25, -0.2) is 9.97 Å². The molecule has 20 heavy (non-hydrogen) atoms. The van der Waals surface area contributed by atoms with Gasteiger partial charge in [-0.3, -0.25) is 0 Å². The van der Waals surface area contributed by atoms with Crippen LogP contribution in [0.15, 0.2) is 12.4 Å². The Balaban J connectivity index is 2.03. The summed E-state index contributed by atoms with van der Waals surface area (Å²) >= 11 is 1.74. The van der Waals surface area contributed by atoms with Crippen molar-refractivity contribution in [2.45, 2.75) is 57.0 Å². The number of nitrogens with two attached hydrogens (primary N) is 2. The smallest absolute Gasteiger partial charge is 0.127 e. The van der Waals surface area contributed by atoms with Gasteiger partial charge in [0, 0.05) is 15.8 Å². The molecule has 0 amide bonds. The summed E-state index contributed by atoms with van der Waals surface area (Å²) in [4.78, 5) is 11.3. The minimum atomic E-state index is -0.355. The van der Waals surface area contributed by atoms with E-state index in [1.807, 2.05) is 0 Å². The topological polar surface area (TPSA) is 77.8 Å². The molecular weight excluding hydrogens is 268 g/mol. The van der Waals surface area contributed by atoms with E-state index in [-0.39, 0.29) is 11.1 Å². The van der Waals surface area contributed by atoms with Gasteiger partial charge in [-0.15, -0.1) is 11.3 Å². The van der Waals surface area contributed by atoms with E-state index in [9.17, 15) is 0 Å². The molecule has 0 bridgehead atoms. The quantitative estimate of drug-likeness (QED) is 0.891. The Morgan fingerprint density at radius 3 is 2.55 bits per heavy atom. The van der Waals surface area contributed by atoms with Gasteiger partial charge in [-0.2, -0.15) is 0 Å². The third-order valence-electron chi connectivity index (χ3n) is 4.48.